The van der Waals surface area contributed by atoms with Gasteiger partial charge in [-0.05, 0) is 27.2 Å². The number of nitrogens with one attached hydrogen (secondary N) is 1. The van der Waals surface area contributed by atoms with Crippen molar-refractivity contribution in [2.24, 2.45) is 7.05 Å². The maximum Gasteiger partial charge on any atom is 0.131 e. The molecule has 0 saturated heterocycles. The highest BCUT2D eigenvalue weighted by Gasteiger charge is 2.18. The second-order valence-corrected chi connectivity index (χ2v) is 5.05. The zero-order chi connectivity index (χ0) is 12.3. The number of aliphatic hydroxyl groups excluding tert-OH is 1. The molecule has 92 valence electrons. The Morgan fingerprint density at radius 2 is 2.12 bits per heavy atom. The highest BCUT2D eigenvalue weighted by Crippen LogP contribution is 2.19. The molecule has 5 heteroatoms. The molecule has 0 aliphatic carbocycles. The van der Waals surface area contributed by atoms with Crippen LogP contribution in [0.2, 0.25) is 5.15 Å². The van der Waals surface area contributed by atoms with Crippen molar-refractivity contribution in [2.45, 2.75) is 39.3 Å². The molecule has 1 aromatic heterocycles. The number of halogens is 1. The van der Waals surface area contributed by atoms with E-state index >= 15 is 0 Å². The molecule has 0 aliphatic heterocycles. The molecule has 1 rings (SSSR count). The number of hydrogen-bond donors (Lipinski definition) is 2. The number of aliphatic hydroxyl groups is 1. The van der Waals surface area contributed by atoms with Crippen molar-refractivity contribution in [3.8, 4) is 0 Å². The topological polar surface area (TPSA) is 50.1 Å². The summed E-state index contributed by atoms with van der Waals surface area (Å²) in [5, 5.41) is 17.2. The minimum absolute atomic E-state index is 0.0969. The molecule has 1 heterocycles. The van der Waals surface area contributed by atoms with Crippen molar-refractivity contribution < 1.29 is 5.11 Å². The molecule has 4 nitrogen and oxygen atoms in total. The maximum absolute atomic E-state index is 8.93. The zero-order valence-corrected chi connectivity index (χ0v) is 11.1. The third-order valence-corrected chi connectivity index (χ3v) is 3.22. The molecule has 0 atom stereocenters. The fraction of sp³-hybridized carbons (Fsp3) is 0.727. The summed E-state index contributed by atoms with van der Waals surface area (Å²) in [7, 11) is 1.83. The number of aromatic nitrogens is 2. The number of nitrogens with zero attached hydrogens (tertiary/aromatic N) is 2. The molecule has 0 aliphatic rings. The van der Waals surface area contributed by atoms with Crippen molar-refractivity contribution in [1.82, 2.24) is 15.1 Å². The molecule has 0 amide bonds. The Balaban J connectivity index is 2.67. The molecular weight excluding hydrogens is 226 g/mol. The molecule has 0 radical (unpaired) electrons. The first-order valence-corrected chi connectivity index (χ1v) is 5.79. The first-order valence-electron chi connectivity index (χ1n) is 5.41. The Hall–Kier alpha value is -0.580. The summed E-state index contributed by atoms with van der Waals surface area (Å²) in [5.74, 6) is 0. The van der Waals surface area contributed by atoms with Crippen LogP contribution in [0.15, 0.2) is 0 Å². The third kappa shape index (κ3) is 3.20. The van der Waals surface area contributed by atoms with Crippen LogP contribution < -0.4 is 5.32 Å². The van der Waals surface area contributed by atoms with Crippen LogP contribution in [0.4, 0.5) is 0 Å². The quantitative estimate of drug-likeness (QED) is 0.829. The predicted octanol–water partition coefficient (Wildman–Crippen LogP) is 1.63. The van der Waals surface area contributed by atoms with Crippen LogP contribution in [0.3, 0.4) is 0 Å². The Morgan fingerprint density at radius 1 is 1.50 bits per heavy atom. The Morgan fingerprint density at radius 3 is 2.56 bits per heavy atom. The van der Waals surface area contributed by atoms with E-state index in [9.17, 15) is 0 Å². The molecule has 1 aromatic rings. The van der Waals surface area contributed by atoms with Crippen LogP contribution in [-0.2, 0) is 13.6 Å². The van der Waals surface area contributed by atoms with Gasteiger partial charge in [-0.25, -0.2) is 0 Å². The van der Waals surface area contributed by atoms with Gasteiger partial charge in [0.15, 0.2) is 0 Å². The van der Waals surface area contributed by atoms with Crippen LogP contribution in [0.5, 0.6) is 0 Å². The van der Waals surface area contributed by atoms with Gasteiger partial charge in [0, 0.05) is 31.3 Å². The van der Waals surface area contributed by atoms with Crippen LogP contribution in [-0.4, -0.2) is 27.0 Å². The van der Waals surface area contributed by atoms with E-state index in [4.69, 9.17) is 16.7 Å². The molecule has 16 heavy (non-hydrogen) atoms. The van der Waals surface area contributed by atoms with E-state index in [-0.39, 0.29) is 12.1 Å². The molecule has 2 N–H and O–H groups in total. The zero-order valence-electron chi connectivity index (χ0n) is 10.3. The largest absolute Gasteiger partial charge is 0.396 e. The Bertz CT molecular complexity index is 360. The summed E-state index contributed by atoms with van der Waals surface area (Å²) in [5.41, 5.74) is 1.87. The average molecular weight is 246 g/mol. The van der Waals surface area contributed by atoms with Crippen molar-refractivity contribution >= 4 is 11.6 Å². The van der Waals surface area contributed by atoms with Gasteiger partial charge in [-0.2, -0.15) is 5.10 Å². The Labute approximate surface area is 102 Å². The van der Waals surface area contributed by atoms with Crippen LogP contribution in [0, 0.1) is 6.92 Å². The van der Waals surface area contributed by atoms with E-state index in [1.807, 2.05) is 14.0 Å². The van der Waals surface area contributed by atoms with Gasteiger partial charge in [0.1, 0.15) is 5.15 Å². The van der Waals surface area contributed by atoms with E-state index in [1.54, 1.807) is 4.68 Å². The summed E-state index contributed by atoms with van der Waals surface area (Å²) in [4.78, 5) is 0. The number of hydrogen-bond acceptors (Lipinski definition) is 3. The normalized spacial score (nSPS) is 12.1. The molecule has 0 saturated carbocycles. The lowest BCUT2D eigenvalue weighted by Crippen LogP contribution is -2.39. The fourth-order valence-corrected chi connectivity index (χ4v) is 1.81. The van der Waals surface area contributed by atoms with Gasteiger partial charge in [-0.3, -0.25) is 4.68 Å². The standard InChI is InChI=1S/C11H20ClN3O/c1-8-9(10(12)15(4)14-8)7-13-11(2,3)5-6-16/h13,16H,5-7H2,1-4H3. The van der Waals surface area contributed by atoms with Gasteiger partial charge in [-0.1, -0.05) is 11.6 Å². The smallest absolute Gasteiger partial charge is 0.131 e. The maximum atomic E-state index is 8.93. The lowest BCUT2D eigenvalue weighted by atomic mass is 10.0. The van der Waals surface area contributed by atoms with Gasteiger partial charge in [0.05, 0.1) is 5.69 Å². The van der Waals surface area contributed by atoms with Gasteiger partial charge >= 0.3 is 0 Å². The first-order chi connectivity index (χ1) is 7.37. The summed E-state index contributed by atoms with van der Waals surface area (Å²) < 4.78 is 1.67. The van der Waals surface area contributed by atoms with Crippen molar-refractivity contribution in [1.29, 1.82) is 0 Å². The minimum atomic E-state index is -0.0969. The molecular formula is C11H20ClN3O. The average Bonchev–Trinajstić information content (AvgIpc) is 2.39. The van der Waals surface area contributed by atoms with E-state index in [0.717, 1.165) is 11.3 Å². The lowest BCUT2D eigenvalue weighted by molar-refractivity contribution is 0.230. The van der Waals surface area contributed by atoms with Gasteiger partial charge < -0.3 is 10.4 Å². The summed E-state index contributed by atoms with van der Waals surface area (Å²) in [6, 6.07) is 0. The van der Waals surface area contributed by atoms with E-state index < -0.39 is 0 Å². The summed E-state index contributed by atoms with van der Waals surface area (Å²) >= 11 is 6.13. The number of rotatable bonds is 5. The van der Waals surface area contributed by atoms with Gasteiger partial charge in [-0.15, -0.1) is 0 Å². The second kappa shape index (κ2) is 5.17. The van der Waals surface area contributed by atoms with Crippen molar-refractivity contribution in [3.63, 3.8) is 0 Å². The van der Waals surface area contributed by atoms with Crippen molar-refractivity contribution in [2.75, 3.05) is 6.61 Å². The van der Waals surface area contributed by atoms with Crippen molar-refractivity contribution in [3.05, 3.63) is 16.4 Å². The minimum Gasteiger partial charge on any atom is -0.396 e. The van der Waals surface area contributed by atoms with Gasteiger partial charge in [0.25, 0.3) is 0 Å². The second-order valence-electron chi connectivity index (χ2n) is 4.69. The molecule has 0 aromatic carbocycles. The van der Waals surface area contributed by atoms with Crippen LogP contribution in [0.25, 0.3) is 0 Å². The van der Waals surface area contributed by atoms with Gasteiger partial charge in [0.2, 0.25) is 0 Å². The monoisotopic (exact) mass is 245 g/mol. The van der Waals surface area contributed by atoms with Crippen LogP contribution >= 0.6 is 11.6 Å². The molecule has 0 fully saturated rings. The summed E-state index contributed by atoms with van der Waals surface area (Å²) in [6.07, 6.45) is 0.712. The Kier molecular flexibility index (Phi) is 4.35. The highest BCUT2D eigenvalue weighted by molar-refractivity contribution is 6.30. The fourth-order valence-electron chi connectivity index (χ4n) is 1.57. The molecule has 0 bridgehead atoms. The first kappa shape index (κ1) is 13.5. The van der Waals surface area contributed by atoms with E-state index in [0.29, 0.717) is 18.1 Å². The molecule has 0 unspecified atom stereocenters. The lowest BCUT2D eigenvalue weighted by Gasteiger charge is -2.25. The summed E-state index contributed by atoms with van der Waals surface area (Å²) in [6.45, 7) is 6.92. The number of aryl methyl sites for hydroxylation is 2. The predicted molar refractivity (Wildman–Crippen MR) is 65.6 cm³/mol. The molecule has 0 spiro atoms. The van der Waals surface area contributed by atoms with E-state index in [1.165, 1.54) is 0 Å². The SMILES string of the molecule is Cc1nn(C)c(Cl)c1CNC(C)(C)CCO. The van der Waals surface area contributed by atoms with E-state index in [2.05, 4.69) is 24.3 Å². The van der Waals surface area contributed by atoms with Crippen LogP contribution in [0.1, 0.15) is 31.5 Å². The highest BCUT2D eigenvalue weighted by atomic mass is 35.5. The third-order valence-electron chi connectivity index (χ3n) is 2.75.